The highest BCUT2D eigenvalue weighted by Gasteiger charge is 2.20. The zero-order chi connectivity index (χ0) is 9.97. The van der Waals surface area contributed by atoms with Crippen molar-refractivity contribution in [2.24, 2.45) is 0 Å². The molecule has 0 spiro atoms. The Balaban J connectivity index is 2.16. The average Bonchev–Trinajstić information content (AvgIpc) is 2.20. The minimum atomic E-state index is 0.222. The second-order valence-corrected chi connectivity index (χ2v) is 3.64. The molecular formula is C10H15N3O. The van der Waals surface area contributed by atoms with E-state index in [9.17, 15) is 0 Å². The molecule has 1 aliphatic heterocycles. The van der Waals surface area contributed by atoms with Gasteiger partial charge in [-0.3, -0.25) is 9.88 Å². The van der Waals surface area contributed by atoms with Gasteiger partial charge in [0.2, 0.25) is 0 Å². The third-order valence-electron chi connectivity index (χ3n) is 2.62. The summed E-state index contributed by atoms with van der Waals surface area (Å²) in [4.78, 5) is 6.49. The van der Waals surface area contributed by atoms with E-state index in [4.69, 9.17) is 5.11 Å². The van der Waals surface area contributed by atoms with Gasteiger partial charge in [-0.1, -0.05) is 0 Å². The van der Waals surface area contributed by atoms with Crippen LogP contribution in [0, 0.1) is 0 Å². The Morgan fingerprint density at radius 2 is 2.43 bits per heavy atom. The first-order chi connectivity index (χ1) is 6.77. The van der Waals surface area contributed by atoms with E-state index in [0.717, 1.165) is 25.3 Å². The van der Waals surface area contributed by atoms with Gasteiger partial charge in [-0.2, -0.15) is 0 Å². The molecule has 2 heterocycles. The molecular weight excluding hydrogens is 178 g/mol. The third-order valence-corrected chi connectivity index (χ3v) is 2.62. The molecule has 0 radical (unpaired) electrons. The number of hydrogen-bond acceptors (Lipinski definition) is 4. The van der Waals surface area contributed by atoms with Crippen molar-refractivity contribution in [3.8, 4) is 5.75 Å². The highest BCUT2D eigenvalue weighted by Crippen LogP contribution is 2.19. The lowest BCUT2D eigenvalue weighted by atomic mass is 10.1. The van der Waals surface area contributed by atoms with Crippen LogP contribution in [0.4, 0.5) is 0 Å². The van der Waals surface area contributed by atoms with Crippen molar-refractivity contribution in [2.75, 3.05) is 26.7 Å². The molecule has 2 N–H and O–H groups in total. The number of aromatic hydroxyl groups is 1. The fourth-order valence-corrected chi connectivity index (χ4v) is 1.73. The van der Waals surface area contributed by atoms with Gasteiger partial charge in [0.05, 0.1) is 17.9 Å². The van der Waals surface area contributed by atoms with Crippen molar-refractivity contribution < 1.29 is 5.11 Å². The summed E-state index contributed by atoms with van der Waals surface area (Å²) in [5, 5.41) is 12.5. The summed E-state index contributed by atoms with van der Waals surface area (Å²) in [5.74, 6) is 0.222. The lowest BCUT2D eigenvalue weighted by molar-refractivity contribution is 0.198. The number of pyridine rings is 1. The first-order valence-electron chi connectivity index (χ1n) is 4.83. The maximum Gasteiger partial charge on any atom is 0.133 e. The van der Waals surface area contributed by atoms with Crippen LogP contribution in [0.15, 0.2) is 18.3 Å². The van der Waals surface area contributed by atoms with E-state index in [1.807, 2.05) is 6.07 Å². The van der Waals surface area contributed by atoms with E-state index in [0.29, 0.717) is 6.04 Å². The monoisotopic (exact) mass is 193 g/mol. The van der Waals surface area contributed by atoms with Crippen molar-refractivity contribution >= 4 is 0 Å². The number of nitrogens with one attached hydrogen (secondary N) is 1. The Bertz CT molecular complexity index is 299. The van der Waals surface area contributed by atoms with Crippen LogP contribution in [0.2, 0.25) is 0 Å². The standard InChI is InChI=1S/C10H15N3O/c1-13-5-4-11-7-10(13)9-3-2-8(14)6-12-9/h2-3,6,10-11,14H,4-5,7H2,1H3. The Labute approximate surface area is 83.6 Å². The summed E-state index contributed by atoms with van der Waals surface area (Å²) in [6.07, 6.45) is 1.50. The van der Waals surface area contributed by atoms with Crippen LogP contribution >= 0.6 is 0 Å². The second-order valence-electron chi connectivity index (χ2n) is 3.64. The molecule has 0 aliphatic carbocycles. The summed E-state index contributed by atoms with van der Waals surface area (Å²) >= 11 is 0. The quantitative estimate of drug-likeness (QED) is 0.676. The Morgan fingerprint density at radius 1 is 1.57 bits per heavy atom. The van der Waals surface area contributed by atoms with Gasteiger partial charge in [0, 0.05) is 19.6 Å². The maximum atomic E-state index is 9.13. The number of likely N-dealkylation sites (N-methyl/N-ethyl adjacent to an activating group) is 1. The van der Waals surface area contributed by atoms with Crippen molar-refractivity contribution in [1.82, 2.24) is 15.2 Å². The van der Waals surface area contributed by atoms with Crippen LogP contribution in [0.1, 0.15) is 11.7 Å². The Morgan fingerprint density at radius 3 is 3.07 bits per heavy atom. The molecule has 0 saturated carbocycles. The van der Waals surface area contributed by atoms with Crippen LogP contribution in [-0.4, -0.2) is 41.7 Å². The molecule has 1 aromatic heterocycles. The smallest absolute Gasteiger partial charge is 0.133 e. The van der Waals surface area contributed by atoms with E-state index in [1.54, 1.807) is 6.07 Å². The minimum absolute atomic E-state index is 0.222. The first kappa shape index (κ1) is 9.43. The Hall–Kier alpha value is -1.13. The van der Waals surface area contributed by atoms with E-state index < -0.39 is 0 Å². The second kappa shape index (κ2) is 3.94. The fourth-order valence-electron chi connectivity index (χ4n) is 1.73. The van der Waals surface area contributed by atoms with Crippen LogP contribution in [0.3, 0.4) is 0 Å². The summed E-state index contributed by atoms with van der Waals surface area (Å²) in [6, 6.07) is 3.89. The van der Waals surface area contributed by atoms with Crippen molar-refractivity contribution in [1.29, 1.82) is 0 Å². The molecule has 1 saturated heterocycles. The Kier molecular flexibility index (Phi) is 2.65. The lowest BCUT2D eigenvalue weighted by Crippen LogP contribution is -2.44. The minimum Gasteiger partial charge on any atom is -0.506 e. The van der Waals surface area contributed by atoms with Crippen LogP contribution in [0.5, 0.6) is 5.75 Å². The molecule has 14 heavy (non-hydrogen) atoms. The molecule has 0 bridgehead atoms. The molecule has 1 atom stereocenters. The van der Waals surface area contributed by atoms with E-state index in [-0.39, 0.29) is 5.75 Å². The molecule has 1 aromatic rings. The van der Waals surface area contributed by atoms with Crippen LogP contribution in [-0.2, 0) is 0 Å². The molecule has 1 fully saturated rings. The molecule has 0 aromatic carbocycles. The average molecular weight is 193 g/mol. The van der Waals surface area contributed by atoms with Gasteiger partial charge in [0.25, 0.3) is 0 Å². The summed E-state index contributed by atoms with van der Waals surface area (Å²) in [6.45, 7) is 2.99. The normalized spacial score (nSPS) is 23.6. The highest BCUT2D eigenvalue weighted by molar-refractivity contribution is 5.20. The van der Waals surface area contributed by atoms with Gasteiger partial charge in [0.1, 0.15) is 5.75 Å². The van der Waals surface area contributed by atoms with Crippen molar-refractivity contribution in [2.45, 2.75) is 6.04 Å². The topological polar surface area (TPSA) is 48.4 Å². The van der Waals surface area contributed by atoms with E-state index in [1.165, 1.54) is 6.20 Å². The number of piperazine rings is 1. The zero-order valence-corrected chi connectivity index (χ0v) is 8.27. The van der Waals surface area contributed by atoms with E-state index in [2.05, 4.69) is 22.2 Å². The van der Waals surface area contributed by atoms with Gasteiger partial charge in [0.15, 0.2) is 0 Å². The predicted octanol–water partition coefficient (Wildman–Crippen LogP) is 0.363. The lowest BCUT2D eigenvalue weighted by Gasteiger charge is -2.32. The van der Waals surface area contributed by atoms with Gasteiger partial charge < -0.3 is 10.4 Å². The van der Waals surface area contributed by atoms with Crippen LogP contribution in [0.25, 0.3) is 0 Å². The third kappa shape index (κ3) is 1.86. The zero-order valence-electron chi connectivity index (χ0n) is 8.27. The number of rotatable bonds is 1. The molecule has 4 nitrogen and oxygen atoms in total. The molecule has 1 unspecified atom stereocenters. The number of hydrogen-bond donors (Lipinski definition) is 2. The molecule has 76 valence electrons. The highest BCUT2D eigenvalue weighted by atomic mass is 16.3. The molecule has 0 amide bonds. The molecule has 2 rings (SSSR count). The fraction of sp³-hybridized carbons (Fsp3) is 0.500. The summed E-state index contributed by atoms with van der Waals surface area (Å²) in [7, 11) is 2.10. The molecule has 4 heteroatoms. The van der Waals surface area contributed by atoms with Crippen molar-refractivity contribution in [3.05, 3.63) is 24.0 Å². The largest absolute Gasteiger partial charge is 0.506 e. The van der Waals surface area contributed by atoms with Crippen molar-refractivity contribution in [3.63, 3.8) is 0 Å². The SMILES string of the molecule is CN1CCNCC1c1ccc(O)cn1. The van der Waals surface area contributed by atoms with Gasteiger partial charge in [-0.15, -0.1) is 0 Å². The number of nitrogens with zero attached hydrogens (tertiary/aromatic N) is 2. The number of aromatic nitrogens is 1. The van der Waals surface area contributed by atoms with Gasteiger partial charge >= 0.3 is 0 Å². The predicted molar refractivity (Wildman–Crippen MR) is 54.1 cm³/mol. The van der Waals surface area contributed by atoms with Gasteiger partial charge in [-0.25, -0.2) is 0 Å². The summed E-state index contributed by atoms with van der Waals surface area (Å²) in [5.41, 5.74) is 1.01. The maximum absolute atomic E-state index is 9.13. The van der Waals surface area contributed by atoms with Crippen LogP contribution < -0.4 is 5.32 Å². The summed E-state index contributed by atoms with van der Waals surface area (Å²) < 4.78 is 0. The molecule has 1 aliphatic rings. The first-order valence-corrected chi connectivity index (χ1v) is 4.83. The van der Waals surface area contributed by atoms with E-state index >= 15 is 0 Å². The van der Waals surface area contributed by atoms with Gasteiger partial charge in [-0.05, 0) is 19.2 Å².